The van der Waals surface area contributed by atoms with Gasteiger partial charge in [0, 0.05) is 37.8 Å². The molecule has 0 saturated carbocycles. The Morgan fingerprint density at radius 1 is 1.11 bits per heavy atom. The topological polar surface area (TPSA) is 96.4 Å². The van der Waals surface area contributed by atoms with Gasteiger partial charge in [-0.1, -0.05) is 0 Å². The summed E-state index contributed by atoms with van der Waals surface area (Å²) in [6, 6.07) is 5.18. The van der Waals surface area contributed by atoms with Crippen LogP contribution in [0.25, 0.3) is 0 Å². The molecule has 2 fully saturated rings. The molecule has 2 amide bonds. The molecule has 1 aromatic rings. The average Bonchev–Trinajstić information content (AvgIpc) is 3.27. The molecule has 0 aliphatic carbocycles. The van der Waals surface area contributed by atoms with E-state index in [1.165, 1.54) is 14.2 Å². The van der Waals surface area contributed by atoms with E-state index in [-0.39, 0.29) is 43.7 Å². The second-order valence-electron chi connectivity index (χ2n) is 6.55. The van der Waals surface area contributed by atoms with Crippen molar-refractivity contribution in [3.8, 4) is 11.5 Å². The Hall–Kier alpha value is -2.48. The van der Waals surface area contributed by atoms with Crippen molar-refractivity contribution in [1.82, 2.24) is 4.90 Å². The van der Waals surface area contributed by atoms with Gasteiger partial charge in [-0.2, -0.15) is 0 Å². The van der Waals surface area contributed by atoms with Crippen molar-refractivity contribution in [2.45, 2.75) is 12.8 Å². The van der Waals surface area contributed by atoms with Crippen LogP contribution in [-0.4, -0.2) is 61.6 Å². The van der Waals surface area contributed by atoms with Gasteiger partial charge >= 0.3 is 5.97 Å². The van der Waals surface area contributed by atoms with Crippen LogP contribution in [0, 0.1) is 11.8 Å². The number of hydrogen-bond donors (Lipinski definition) is 1. The normalized spacial score (nSPS) is 21.8. The summed E-state index contributed by atoms with van der Waals surface area (Å²) in [4.78, 5) is 39.3. The number of carboxylic acids is 1. The fourth-order valence-corrected chi connectivity index (χ4v) is 3.54. The third-order valence-electron chi connectivity index (χ3n) is 5.00. The number of carboxylic acid groups (broad SMARTS) is 1. The maximum atomic E-state index is 12.7. The Labute approximate surface area is 163 Å². The van der Waals surface area contributed by atoms with Gasteiger partial charge < -0.3 is 24.4 Å². The molecule has 2 aliphatic rings. The second-order valence-corrected chi connectivity index (χ2v) is 6.55. The third-order valence-corrected chi connectivity index (χ3v) is 5.00. The number of halogens is 1. The molecule has 0 bridgehead atoms. The highest BCUT2D eigenvalue weighted by atomic mass is 35.5. The molecule has 148 valence electrons. The second kappa shape index (κ2) is 8.47. The molecule has 2 atom stereocenters. The minimum atomic E-state index is -0.880. The molecule has 0 radical (unpaired) electrons. The van der Waals surface area contributed by atoms with Gasteiger partial charge in [0.05, 0.1) is 26.1 Å². The number of carbonyl (C=O) groups is 3. The van der Waals surface area contributed by atoms with E-state index in [2.05, 4.69) is 0 Å². The van der Waals surface area contributed by atoms with Crippen LogP contribution >= 0.6 is 12.4 Å². The molecule has 2 saturated heterocycles. The maximum absolute atomic E-state index is 12.7. The number of hydrogen-bond acceptors (Lipinski definition) is 5. The minimum Gasteiger partial charge on any atom is -0.493 e. The molecule has 2 heterocycles. The molecule has 0 aromatic heterocycles. The molecule has 2 unspecified atom stereocenters. The van der Waals surface area contributed by atoms with Crippen LogP contribution in [-0.2, 0) is 14.4 Å². The Morgan fingerprint density at radius 3 is 2.41 bits per heavy atom. The van der Waals surface area contributed by atoms with E-state index in [4.69, 9.17) is 14.6 Å². The number of methoxy groups -OCH3 is 2. The molecule has 2 aliphatic heterocycles. The van der Waals surface area contributed by atoms with Crippen LogP contribution in [0.1, 0.15) is 12.8 Å². The monoisotopic (exact) mass is 398 g/mol. The molecule has 1 N–H and O–H groups in total. The lowest BCUT2D eigenvalue weighted by molar-refractivity contribution is -0.141. The first kappa shape index (κ1) is 20.8. The van der Waals surface area contributed by atoms with Crippen LogP contribution in [0.3, 0.4) is 0 Å². The van der Waals surface area contributed by atoms with E-state index in [0.717, 1.165) is 0 Å². The number of likely N-dealkylation sites (tertiary alicyclic amines) is 1. The zero-order chi connectivity index (χ0) is 18.8. The smallest absolute Gasteiger partial charge is 0.308 e. The van der Waals surface area contributed by atoms with E-state index in [0.29, 0.717) is 30.2 Å². The quantitative estimate of drug-likeness (QED) is 0.805. The number of aliphatic carboxylic acids is 1. The van der Waals surface area contributed by atoms with Gasteiger partial charge in [-0.3, -0.25) is 14.4 Å². The molecule has 9 heteroatoms. The summed E-state index contributed by atoms with van der Waals surface area (Å²) < 4.78 is 10.5. The minimum absolute atomic E-state index is 0. The van der Waals surface area contributed by atoms with Gasteiger partial charge in [0.15, 0.2) is 11.5 Å². The largest absolute Gasteiger partial charge is 0.493 e. The van der Waals surface area contributed by atoms with Crippen LogP contribution in [0.4, 0.5) is 5.69 Å². The number of benzene rings is 1. The molecule has 8 nitrogen and oxygen atoms in total. The molecular formula is C18H23ClN2O6. The predicted molar refractivity (Wildman–Crippen MR) is 99.6 cm³/mol. The van der Waals surface area contributed by atoms with Gasteiger partial charge in [-0.05, 0) is 18.6 Å². The highest BCUT2D eigenvalue weighted by Crippen LogP contribution is 2.34. The van der Waals surface area contributed by atoms with Crippen molar-refractivity contribution >= 4 is 35.9 Å². The molecule has 0 spiro atoms. The Kier molecular flexibility index (Phi) is 6.54. The molecule has 3 rings (SSSR count). The summed E-state index contributed by atoms with van der Waals surface area (Å²) in [6.45, 7) is 0.924. The van der Waals surface area contributed by atoms with E-state index in [1.807, 2.05) is 0 Å². The van der Waals surface area contributed by atoms with Crippen molar-refractivity contribution in [2.75, 3.05) is 38.8 Å². The molecular weight excluding hydrogens is 376 g/mol. The van der Waals surface area contributed by atoms with Crippen molar-refractivity contribution in [3.63, 3.8) is 0 Å². The summed E-state index contributed by atoms with van der Waals surface area (Å²) in [5.41, 5.74) is 0.646. The van der Waals surface area contributed by atoms with Crippen molar-refractivity contribution in [1.29, 1.82) is 0 Å². The van der Waals surface area contributed by atoms with Crippen molar-refractivity contribution < 1.29 is 29.0 Å². The number of nitrogens with zero attached hydrogens (tertiary/aromatic N) is 2. The number of rotatable bonds is 5. The summed E-state index contributed by atoms with van der Waals surface area (Å²) in [7, 11) is 3.06. The first-order valence-corrected chi connectivity index (χ1v) is 8.48. The van der Waals surface area contributed by atoms with Crippen LogP contribution in [0.15, 0.2) is 18.2 Å². The average molecular weight is 399 g/mol. The van der Waals surface area contributed by atoms with Gasteiger partial charge in [0.1, 0.15) is 0 Å². The van der Waals surface area contributed by atoms with Crippen LogP contribution in [0.2, 0.25) is 0 Å². The summed E-state index contributed by atoms with van der Waals surface area (Å²) >= 11 is 0. The predicted octanol–water partition coefficient (Wildman–Crippen LogP) is 1.41. The zero-order valence-corrected chi connectivity index (χ0v) is 16.0. The number of carbonyl (C=O) groups excluding carboxylic acids is 2. The van der Waals surface area contributed by atoms with Gasteiger partial charge in [0.2, 0.25) is 11.8 Å². The van der Waals surface area contributed by atoms with E-state index < -0.39 is 17.8 Å². The third kappa shape index (κ3) is 4.10. The highest BCUT2D eigenvalue weighted by molar-refractivity contribution is 6.00. The SMILES string of the molecule is COc1ccc(N2CC(C(=O)N3CCC(C(=O)O)C3)CC2=O)cc1OC.Cl. The van der Waals surface area contributed by atoms with E-state index in [1.54, 1.807) is 28.0 Å². The van der Waals surface area contributed by atoms with Crippen LogP contribution in [0.5, 0.6) is 11.5 Å². The van der Waals surface area contributed by atoms with Crippen molar-refractivity contribution in [2.24, 2.45) is 11.8 Å². The van der Waals surface area contributed by atoms with Crippen molar-refractivity contribution in [3.05, 3.63) is 18.2 Å². The Morgan fingerprint density at radius 2 is 1.81 bits per heavy atom. The molecule has 27 heavy (non-hydrogen) atoms. The summed E-state index contributed by atoms with van der Waals surface area (Å²) in [6.07, 6.45) is 0.586. The zero-order valence-electron chi connectivity index (χ0n) is 15.2. The lowest BCUT2D eigenvalue weighted by atomic mass is 10.1. The Balaban J connectivity index is 0.00000261. The number of ether oxygens (including phenoxy) is 2. The standard InChI is InChI=1S/C18H22N2O6.ClH/c1-25-14-4-3-13(8-15(14)26-2)20-10-12(7-16(20)21)17(22)19-6-5-11(9-19)18(23)24;/h3-4,8,11-12H,5-7,9-10H2,1-2H3,(H,23,24);1H. The molecule has 1 aromatic carbocycles. The first-order chi connectivity index (χ1) is 12.4. The van der Waals surface area contributed by atoms with Gasteiger partial charge in [0.25, 0.3) is 0 Å². The van der Waals surface area contributed by atoms with Crippen LogP contribution < -0.4 is 14.4 Å². The lowest BCUT2D eigenvalue weighted by Gasteiger charge is -2.21. The summed E-state index contributed by atoms with van der Waals surface area (Å²) in [5, 5.41) is 9.08. The van der Waals surface area contributed by atoms with E-state index >= 15 is 0 Å². The van der Waals surface area contributed by atoms with E-state index in [9.17, 15) is 14.4 Å². The fourth-order valence-electron chi connectivity index (χ4n) is 3.54. The first-order valence-electron chi connectivity index (χ1n) is 8.48. The maximum Gasteiger partial charge on any atom is 0.308 e. The number of amides is 2. The number of anilines is 1. The van der Waals surface area contributed by atoms with Gasteiger partial charge in [-0.15, -0.1) is 12.4 Å². The highest BCUT2D eigenvalue weighted by Gasteiger charge is 2.40. The summed E-state index contributed by atoms with van der Waals surface area (Å²) in [5.74, 6) is -1.06. The fraction of sp³-hybridized carbons (Fsp3) is 0.500. The Bertz CT molecular complexity index is 741. The lowest BCUT2D eigenvalue weighted by Crippen LogP contribution is -2.36. The van der Waals surface area contributed by atoms with Gasteiger partial charge in [-0.25, -0.2) is 0 Å².